The quantitative estimate of drug-likeness (QED) is 0.554. The van der Waals surface area contributed by atoms with Crippen molar-refractivity contribution in [1.29, 1.82) is 0 Å². The molecule has 0 atom stereocenters. The smallest absolute Gasteiger partial charge is 0.341 e. The average molecular weight is 363 g/mol. The third kappa shape index (κ3) is 3.37. The number of benzene rings is 2. The van der Waals surface area contributed by atoms with Crippen LogP contribution in [0.3, 0.4) is 0 Å². The maximum absolute atomic E-state index is 13.0. The fraction of sp³-hybridized carbons (Fsp3) is 0.0952. The Hall–Kier alpha value is -3.67. The summed E-state index contributed by atoms with van der Waals surface area (Å²) < 4.78 is 9.68. The number of carbonyl (C=O) groups is 3. The molecule has 0 fully saturated rings. The summed E-state index contributed by atoms with van der Waals surface area (Å²) in [6.45, 7) is 0. The van der Waals surface area contributed by atoms with E-state index in [1.54, 1.807) is 54.6 Å². The normalized spacial score (nSPS) is 10.3. The minimum atomic E-state index is -0.798. The van der Waals surface area contributed by atoms with Gasteiger partial charge in [0.2, 0.25) is 5.78 Å². The molecule has 3 rings (SSSR count). The molecule has 0 amide bonds. The van der Waals surface area contributed by atoms with Crippen LogP contribution in [0.5, 0.6) is 0 Å². The molecule has 1 heterocycles. The van der Waals surface area contributed by atoms with Crippen LogP contribution in [0.4, 0.5) is 0 Å². The fourth-order valence-corrected chi connectivity index (χ4v) is 2.84. The number of aromatic nitrogens is 1. The molecule has 0 radical (unpaired) electrons. The molecule has 1 N–H and O–H groups in total. The summed E-state index contributed by atoms with van der Waals surface area (Å²) in [7, 11) is 2.40. The van der Waals surface area contributed by atoms with E-state index >= 15 is 0 Å². The number of ether oxygens (including phenoxy) is 2. The number of methoxy groups -OCH3 is 2. The van der Waals surface area contributed by atoms with Gasteiger partial charge >= 0.3 is 11.9 Å². The second kappa shape index (κ2) is 7.70. The van der Waals surface area contributed by atoms with Gasteiger partial charge in [0.1, 0.15) is 16.8 Å². The number of esters is 2. The van der Waals surface area contributed by atoms with Gasteiger partial charge in [-0.05, 0) is 5.56 Å². The maximum Gasteiger partial charge on any atom is 0.341 e. The Bertz CT molecular complexity index is 990. The zero-order valence-electron chi connectivity index (χ0n) is 14.8. The van der Waals surface area contributed by atoms with Gasteiger partial charge in [-0.2, -0.15) is 0 Å². The highest BCUT2D eigenvalue weighted by Crippen LogP contribution is 2.31. The van der Waals surface area contributed by atoms with Crippen molar-refractivity contribution in [2.24, 2.45) is 0 Å². The van der Waals surface area contributed by atoms with Crippen molar-refractivity contribution < 1.29 is 23.9 Å². The van der Waals surface area contributed by atoms with Gasteiger partial charge in [-0.25, -0.2) is 9.59 Å². The van der Waals surface area contributed by atoms with E-state index in [9.17, 15) is 14.4 Å². The lowest BCUT2D eigenvalue weighted by atomic mass is 10.0. The van der Waals surface area contributed by atoms with E-state index in [4.69, 9.17) is 9.47 Å². The summed E-state index contributed by atoms with van der Waals surface area (Å²) in [6.07, 6.45) is 0. The summed E-state index contributed by atoms with van der Waals surface area (Å²) in [5.74, 6) is -1.96. The van der Waals surface area contributed by atoms with Crippen LogP contribution in [-0.2, 0) is 9.47 Å². The van der Waals surface area contributed by atoms with Crippen molar-refractivity contribution >= 4 is 17.7 Å². The van der Waals surface area contributed by atoms with E-state index in [1.807, 2.05) is 6.07 Å². The second-order valence-electron chi connectivity index (χ2n) is 5.67. The van der Waals surface area contributed by atoms with Gasteiger partial charge in [0.25, 0.3) is 0 Å². The van der Waals surface area contributed by atoms with E-state index in [0.29, 0.717) is 16.8 Å². The third-order valence-electron chi connectivity index (χ3n) is 4.10. The summed E-state index contributed by atoms with van der Waals surface area (Å²) in [5, 5.41) is 0. The predicted molar refractivity (Wildman–Crippen MR) is 98.8 cm³/mol. The van der Waals surface area contributed by atoms with Gasteiger partial charge in [-0.3, -0.25) is 4.79 Å². The molecule has 0 spiro atoms. The first-order chi connectivity index (χ1) is 13.1. The molecular formula is C21H17NO5. The molecule has 0 saturated heterocycles. The first-order valence-electron chi connectivity index (χ1n) is 8.16. The Morgan fingerprint density at radius 2 is 1.26 bits per heavy atom. The van der Waals surface area contributed by atoms with Crippen LogP contribution < -0.4 is 0 Å². The number of hydrogen-bond acceptors (Lipinski definition) is 5. The van der Waals surface area contributed by atoms with Crippen LogP contribution in [0.15, 0.2) is 60.7 Å². The van der Waals surface area contributed by atoms with Crippen molar-refractivity contribution in [3.8, 4) is 11.3 Å². The summed E-state index contributed by atoms with van der Waals surface area (Å²) >= 11 is 0. The van der Waals surface area contributed by atoms with E-state index in [2.05, 4.69) is 4.98 Å². The number of H-pyrrole nitrogens is 1. The van der Waals surface area contributed by atoms with E-state index in [1.165, 1.54) is 14.2 Å². The first kappa shape index (κ1) is 18.1. The molecule has 136 valence electrons. The van der Waals surface area contributed by atoms with Crippen molar-refractivity contribution in [2.75, 3.05) is 14.2 Å². The van der Waals surface area contributed by atoms with Gasteiger partial charge in [0.05, 0.1) is 19.9 Å². The first-order valence-corrected chi connectivity index (χ1v) is 8.16. The Morgan fingerprint density at radius 1 is 0.741 bits per heavy atom. The highest BCUT2D eigenvalue weighted by atomic mass is 16.5. The minimum absolute atomic E-state index is 0.0210. The minimum Gasteiger partial charge on any atom is -0.465 e. The topological polar surface area (TPSA) is 85.5 Å². The van der Waals surface area contributed by atoms with E-state index in [0.717, 1.165) is 0 Å². The molecule has 0 bridgehead atoms. The van der Waals surface area contributed by atoms with E-state index < -0.39 is 17.7 Å². The van der Waals surface area contributed by atoms with Crippen LogP contribution >= 0.6 is 0 Å². The lowest BCUT2D eigenvalue weighted by molar-refractivity contribution is 0.0556. The highest BCUT2D eigenvalue weighted by Gasteiger charge is 2.32. The average Bonchev–Trinajstić information content (AvgIpc) is 3.14. The Balaban J connectivity index is 2.30. The monoisotopic (exact) mass is 363 g/mol. The molecule has 0 aliphatic heterocycles. The molecule has 0 aliphatic rings. The van der Waals surface area contributed by atoms with Gasteiger partial charge in [0.15, 0.2) is 0 Å². The predicted octanol–water partition coefficient (Wildman–Crippen LogP) is 3.49. The van der Waals surface area contributed by atoms with Gasteiger partial charge < -0.3 is 14.5 Å². The standard InChI is InChI=1S/C21H17NO5/c1-26-20(24)15-16(21(25)27-2)18(19(23)14-11-7-4-8-12-14)22-17(15)13-9-5-3-6-10-13/h3-12,22H,1-2H3. The van der Waals surface area contributed by atoms with Crippen molar-refractivity contribution in [1.82, 2.24) is 4.98 Å². The van der Waals surface area contributed by atoms with Gasteiger partial charge in [-0.1, -0.05) is 60.7 Å². The fourth-order valence-electron chi connectivity index (χ4n) is 2.84. The number of ketones is 1. The van der Waals surface area contributed by atoms with Crippen molar-refractivity contribution in [3.63, 3.8) is 0 Å². The van der Waals surface area contributed by atoms with Crippen LogP contribution in [0.2, 0.25) is 0 Å². The number of rotatable bonds is 5. The maximum atomic E-state index is 13.0. The van der Waals surface area contributed by atoms with Crippen LogP contribution in [0.1, 0.15) is 36.8 Å². The summed E-state index contributed by atoms with van der Waals surface area (Å²) in [4.78, 5) is 40.9. The molecule has 0 aliphatic carbocycles. The largest absolute Gasteiger partial charge is 0.465 e. The number of aromatic amines is 1. The van der Waals surface area contributed by atoms with Crippen LogP contribution in [0.25, 0.3) is 11.3 Å². The SMILES string of the molecule is COC(=O)c1c(C(=O)c2ccccc2)[nH]c(-c2ccccc2)c1C(=O)OC. The van der Waals surface area contributed by atoms with Crippen molar-refractivity contribution in [3.05, 3.63) is 83.0 Å². The molecule has 0 saturated carbocycles. The zero-order chi connectivity index (χ0) is 19.4. The van der Waals surface area contributed by atoms with Crippen molar-refractivity contribution in [2.45, 2.75) is 0 Å². The number of carbonyl (C=O) groups excluding carboxylic acids is 3. The molecule has 6 heteroatoms. The molecule has 0 unspecified atom stereocenters. The molecule has 3 aromatic rings. The third-order valence-corrected chi connectivity index (χ3v) is 4.10. The lowest BCUT2D eigenvalue weighted by Gasteiger charge is -2.05. The van der Waals surface area contributed by atoms with E-state index in [-0.39, 0.29) is 16.8 Å². The molecule has 27 heavy (non-hydrogen) atoms. The molecule has 2 aromatic carbocycles. The van der Waals surface area contributed by atoms with Gasteiger partial charge in [-0.15, -0.1) is 0 Å². The van der Waals surface area contributed by atoms with Crippen LogP contribution in [0, 0.1) is 0 Å². The van der Waals surface area contributed by atoms with Crippen LogP contribution in [-0.4, -0.2) is 36.9 Å². The number of hydrogen-bond donors (Lipinski definition) is 1. The second-order valence-corrected chi connectivity index (χ2v) is 5.67. The Morgan fingerprint density at radius 3 is 1.81 bits per heavy atom. The lowest BCUT2D eigenvalue weighted by Crippen LogP contribution is -2.14. The Labute approximate surface area is 155 Å². The molecular weight excluding hydrogens is 346 g/mol. The van der Waals surface area contributed by atoms with Gasteiger partial charge in [0, 0.05) is 5.56 Å². The highest BCUT2D eigenvalue weighted by molar-refractivity contribution is 6.18. The Kier molecular flexibility index (Phi) is 5.17. The molecule has 1 aromatic heterocycles. The summed E-state index contributed by atoms with van der Waals surface area (Å²) in [5.41, 5.74) is 1.14. The molecule has 6 nitrogen and oxygen atoms in total. The number of nitrogens with one attached hydrogen (secondary N) is 1. The zero-order valence-corrected chi connectivity index (χ0v) is 14.8. The summed E-state index contributed by atoms with van der Waals surface area (Å²) in [6, 6.07) is 17.4.